The Morgan fingerprint density at radius 2 is 2.00 bits per heavy atom. The zero-order valence-corrected chi connectivity index (χ0v) is 14.7. The summed E-state index contributed by atoms with van der Waals surface area (Å²) in [7, 11) is 2.12. The molecule has 1 nitrogen and oxygen atoms in total. The van der Waals surface area contributed by atoms with Crippen LogP contribution in [0.25, 0.3) is 0 Å². The van der Waals surface area contributed by atoms with Crippen molar-refractivity contribution < 1.29 is 0 Å². The summed E-state index contributed by atoms with van der Waals surface area (Å²) in [5.41, 5.74) is 2.66. The molecular weight excluding hydrogens is 310 g/mol. The smallest absolute Gasteiger partial charge is 0.0234 e. The number of allylic oxidation sites excluding steroid dienone is 1. The maximum absolute atomic E-state index is 3.58. The molecule has 20 heavy (non-hydrogen) atoms. The van der Waals surface area contributed by atoms with Gasteiger partial charge in [-0.25, -0.2) is 0 Å². The Morgan fingerprint density at radius 3 is 2.60 bits per heavy atom. The highest BCUT2D eigenvalue weighted by molar-refractivity contribution is 9.10. The van der Waals surface area contributed by atoms with Crippen LogP contribution in [0.3, 0.4) is 0 Å². The predicted octanol–water partition coefficient (Wildman–Crippen LogP) is 4.80. The van der Waals surface area contributed by atoms with Gasteiger partial charge in [0.25, 0.3) is 0 Å². The summed E-state index contributed by atoms with van der Waals surface area (Å²) >= 11 is 3.58. The summed E-state index contributed by atoms with van der Waals surface area (Å²) in [6, 6.07) is 6.52. The van der Waals surface area contributed by atoms with E-state index in [1.54, 1.807) is 0 Å². The Labute approximate surface area is 132 Å². The Kier molecular flexibility index (Phi) is 6.52. The number of halogens is 1. The second-order valence-electron chi connectivity index (χ2n) is 6.20. The minimum atomic E-state index is 0.0738. The molecule has 0 atom stereocenters. The maximum atomic E-state index is 3.58. The molecular formula is C18H24BrN. The van der Waals surface area contributed by atoms with Crippen LogP contribution in [0, 0.1) is 24.2 Å². The zero-order valence-electron chi connectivity index (χ0n) is 13.1. The van der Waals surface area contributed by atoms with Crippen LogP contribution in [0.1, 0.15) is 31.9 Å². The number of benzene rings is 1. The number of hydrogen-bond acceptors (Lipinski definition) is 1. The fourth-order valence-electron chi connectivity index (χ4n) is 1.66. The monoisotopic (exact) mass is 333 g/mol. The number of rotatable bonds is 4. The van der Waals surface area contributed by atoms with E-state index >= 15 is 0 Å². The largest absolute Gasteiger partial charge is 0.298 e. The average molecular weight is 334 g/mol. The molecule has 1 aromatic carbocycles. The molecule has 0 aliphatic carbocycles. The molecule has 0 heterocycles. The third-order valence-electron chi connectivity index (χ3n) is 2.75. The molecule has 0 amide bonds. The van der Waals surface area contributed by atoms with Crippen LogP contribution in [-0.2, 0) is 6.54 Å². The van der Waals surface area contributed by atoms with E-state index in [4.69, 9.17) is 0 Å². The topological polar surface area (TPSA) is 3.24 Å². The summed E-state index contributed by atoms with van der Waals surface area (Å²) in [4.78, 5) is 2.27. The lowest BCUT2D eigenvalue weighted by Gasteiger charge is -2.14. The van der Waals surface area contributed by atoms with Crippen molar-refractivity contribution in [2.45, 2.75) is 34.2 Å². The fourth-order valence-corrected chi connectivity index (χ4v) is 2.09. The predicted molar refractivity (Wildman–Crippen MR) is 91.6 cm³/mol. The first-order chi connectivity index (χ1) is 9.28. The average Bonchev–Trinajstić information content (AvgIpc) is 2.32. The van der Waals surface area contributed by atoms with Crippen LogP contribution in [-0.4, -0.2) is 18.5 Å². The van der Waals surface area contributed by atoms with Gasteiger partial charge in [-0.2, -0.15) is 0 Å². The van der Waals surface area contributed by atoms with E-state index in [-0.39, 0.29) is 5.41 Å². The molecule has 0 saturated carbocycles. The molecule has 1 aromatic rings. The summed E-state index contributed by atoms with van der Waals surface area (Å²) in [5, 5.41) is 0. The van der Waals surface area contributed by atoms with Crippen molar-refractivity contribution >= 4 is 15.9 Å². The van der Waals surface area contributed by atoms with Crippen LogP contribution in [0.2, 0.25) is 0 Å². The molecule has 0 radical (unpaired) electrons. The van der Waals surface area contributed by atoms with Crippen LogP contribution in [0.5, 0.6) is 0 Å². The molecule has 0 N–H and O–H groups in total. The van der Waals surface area contributed by atoms with E-state index < -0.39 is 0 Å². The van der Waals surface area contributed by atoms with Gasteiger partial charge in [0.15, 0.2) is 0 Å². The van der Waals surface area contributed by atoms with E-state index in [2.05, 4.69) is 91.7 Å². The third kappa shape index (κ3) is 6.93. The number of nitrogens with zero attached hydrogens (tertiary/aromatic N) is 1. The second-order valence-corrected chi connectivity index (χ2v) is 7.06. The highest BCUT2D eigenvalue weighted by atomic mass is 79.9. The Hall–Kier alpha value is -1.04. The Morgan fingerprint density at radius 1 is 1.30 bits per heavy atom. The van der Waals surface area contributed by atoms with Crippen LogP contribution < -0.4 is 0 Å². The molecule has 2 heteroatoms. The molecule has 0 unspecified atom stereocenters. The minimum Gasteiger partial charge on any atom is -0.298 e. The quantitative estimate of drug-likeness (QED) is 0.715. The standard InChI is InChI=1S/C18H24BrN/c1-15-9-10-16(13-17(15)19)14-20(5)12-8-6-7-11-18(2,3)4/h6,8-10,13H,12,14H2,1-5H3. The Bertz CT molecular complexity index is 527. The van der Waals surface area contributed by atoms with Crippen LogP contribution in [0.15, 0.2) is 34.8 Å². The first kappa shape index (κ1) is 17.0. The summed E-state index contributed by atoms with van der Waals surface area (Å²) < 4.78 is 1.18. The van der Waals surface area contributed by atoms with Crippen molar-refractivity contribution in [3.8, 4) is 11.8 Å². The molecule has 0 aromatic heterocycles. The van der Waals surface area contributed by atoms with Gasteiger partial charge in [0, 0.05) is 23.0 Å². The van der Waals surface area contributed by atoms with Crippen molar-refractivity contribution in [3.63, 3.8) is 0 Å². The second kappa shape index (κ2) is 7.67. The normalized spacial score (nSPS) is 11.8. The zero-order chi connectivity index (χ0) is 15.2. The molecule has 0 saturated heterocycles. The molecule has 0 fully saturated rings. The molecule has 0 bridgehead atoms. The van der Waals surface area contributed by atoms with E-state index in [9.17, 15) is 0 Å². The summed E-state index contributed by atoms with van der Waals surface area (Å²) in [5.74, 6) is 6.29. The van der Waals surface area contributed by atoms with Gasteiger partial charge < -0.3 is 0 Å². The number of likely N-dealkylation sites (N-methyl/N-ethyl adjacent to an activating group) is 1. The van der Waals surface area contributed by atoms with E-state index in [1.165, 1.54) is 15.6 Å². The maximum Gasteiger partial charge on any atom is 0.0234 e. The van der Waals surface area contributed by atoms with Gasteiger partial charge in [0.05, 0.1) is 0 Å². The third-order valence-corrected chi connectivity index (χ3v) is 3.61. The van der Waals surface area contributed by atoms with Crippen molar-refractivity contribution in [1.29, 1.82) is 0 Å². The minimum absolute atomic E-state index is 0.0738. The first-order valence-electron chi connectivity index (χ1n) is 6.89. The number of aryl methyl sites for hydroxylation is 1. The van der Waals surface area contributed by atoms with Crippen LogP contribution >= 0.6 is 15.9 Å². The number of hydrogen-bond donors (Lipinski definition) is 0. The van der Waals surface area contributed by atoms with E-state index in [0.29, 0.717) is 0 Å². The summed E-state index contributed by atoms with van der Waals surface area (Å²) in [6.07, 6.45) is 4.06. The van der Waals surface area contributed by atoms with Gasteiger partial charge in [-0.15, -0.1) is 0 Å². The van der Waals surface area contributed by atoms with Crippen molar-refractivity contribution in [2.24, 2.45) is 5.41 Å². The lowest BCUT2D eigenvalue weighted by molar-refractivity contribution is 0.363. The van der Waals surface area contributed by atoms with Gasteiger partial charge >= 0.3 is 0 Å². The van der Waals surface area contributed by atoms with Crippen molar-refractivity contribution in [2.75, 3.05) is 13.6 Å². The van der Waals surface area contributed by atoms with E-state index in [0.717, 1.165) is 13.1 Å². The molecule has 0 aliphatic rings. The molecule has 0 spiro atoms. The van der Waals surface area contributed by atoms with Crippen molar-refractivity contribution in [1.82, 2.24) is 4.90 Å². The molecule has 0 aliphatic heterocycles. The highest BCUT2D eigenvalue weighted by Gasteiger charge is 2.02. The van der Waals surface area contributed by atoms with Crippen LogP contribution in [0.4, 0.5) is 0 Å². The Balaban J connectivity index is 2.47. The highest BCUT2D eigenvalue weighted by Crippen LogP contribution is 2.18. The SMILES string of the molecule is Cc1ccc(CN(C)CC=CC#CC(C)(C)C)cc1Br. The fraction of sp³-hybridized carbons (Fsp3) is 0.444. The van der Waals surface area contributed by atoms with E-state index in [1.807, 2.05) is 6.08 Å². The van der Waals surface area contributed by atoms with Gasteiger partial charge in [0.2, 0.25) is 0 Å². The van der Waals surface area contributed by atoms with Gasteiger partial charge in [-0.05, 0) is 58.0 Å². The van der Waals surface area contributed by atoms with Gasteiger partial charge in [-0.3, -0.25) is 4.90 Å². The lowest BCUT2D eigenvalue weighted by atomic mass is 9.98. The lowest BCUT2D eigenvalue weighted by Crippen LogP contribution is -2.17. The summed E-state index contributed by atoms with van der Waals surface area (Å²) in [6.45, 7) is 10.3. The van der Waals surface area contributed by atoms with Gasteiger partial charge in [-0.1, -0.05) is 46.0 Å². The first-order valence-corrected chi connectivity index (χ1v) is 7.68. The van der Waals surface area contributed by atoms with Gasteiger partial charge in [0.1, 0.15) is 0 Å². The van der Waals surface area contributed by atoms with Crippen molar-refractivity contribution in [3.05, 3.63) is 46.0 Å². The molecule has 1 rings (SSSR count). The molecule has 108 valence electrons.